The smallest absolute Gasteiger partial charge is 0.399 e. The highest BCUT2D eigenvalue weighted by Crippen LogP contribution is 2.36. The molecule has 0 bridgehead atoms. The lowest BCUT2D eigenvalue weighted by Gasteiger charge is -2.32. The van der Waals surface area contributed by atoms with Crippen LogP contribution in [-0.4, -0.2) is 66.4 Å². The van der Waals surface area contributed by atoms with E-state index in [1.165, 1.54) is 12.1 Å². The summed E-state index contributed by atoms with van der Waals surface area (Å²) in [6.07, 6.45) is 4.16. The van der Waals surface area contributed by atoms with Crippen LogP contribution in [0.3, 0.4) is 0 Å². The van der Waals surface area contributed by atoms with Crippen LogP contribution in [0.2, 0.25) is 0 Å². The number of carbonyl (C=O) groups is 2. The van der Waals surface area contributed by atoms with Gasteiger partial charge in [0.05, 0.1) is 15.7 Å². The quantitative estimate of drug-likeness (QED) is 0.414. The van der Waals surface area contributed by atoms with E-state index in [-0.39, 0.29) is 17.9 Å². The van der Waals surface area contributed by atoms with Gasteiger partial charge in [-0.2, -0.15) is 0 Å². The van der Waals surface area contributed by atoms with Gasteiger partial charge in [-0.3, -0.25) is 0 Å². The van der Waals surface area contributed by atoms with Crippen molar-refractivity contribution in [3.63, 3.8) is 0 Å². The molecule has 0 radical (unpaired) electrons. The van der Waals surface area contributed by atoms with E-state index in [1.807, 2.05) is 27.7 Å². The second-order valence-corrected chi connectivity index (χ2v) is 12.1. The zero-order chi connectivity index (χ0) is 29.1. The molecule has 4 amide bonds. The number of likely N-dealkylation sites (tertiary alicyclic amines) is 2. The van der Waals surface area contributed by atoms with Crippen LogP contribution in [-0.2, 0) is 9.31 Å². The lowest BCUT2D eigenvalue weighted by molar-refractivity contribution is 0.00578. The van der Waals surface area contributed by atoms with E-state index in [4.69, 9.17) is 9.31 Å². The van der Waals surface area contributed by atoms with Gasteiger partial charge < -0.3 is 29.7 Å². The molecule has 0 spiro atoms. The molecule has 40 heavy (non-hydrogen) atoms. The predicted octanol–water partition coefficient (Wildman–Crippen LogP) is 5.97. The first kappa shape index (κ1) is 30.3. The summed E-state index contributed by atoms with van der Waals surface area (Å²) in [5.41, 5.74) is 0.355. The maximum Gasteiger partial charge on any atom is 0.497 e. The van der Waals surface area contributed by atoms with Gasteiger partial charge in [-0.15, -0.1) is 0 Å². The highest BCUT2D eigenvalue weighted by Gasteiger charge is 2.52. The fourth-order valence-corrected chi connectivity index (χ4v) is 4.97. The van der Waals surface area contributed by atoms with E-state index in [2.05, 4.69) is 26.6 Å². The maximum absolute atomic E-state index is 14.3. The minimum Gasteiger partial charge on any atom is -0.399 e. The van der Waals surface area contributed by atoms with Gasteiger partial charge in [0.25, 0.3) is 0 Å². The Morgan fingerprint density at radius 1 is 0.775 bits per heavy atom. The van der Waals surface area contributed by atoms with Crippen LogP contribution < -0.4 is 16.1 Å². The molecule has 8 nitrogen and oxygen atoms in total. The van der Waals surface area contributed by atoms with Gasteiger partial charge in [0.15, 0.2) is 0 Å². The molecule has 3 fully saturated rings. The minimum absolute atomic E-state index is 0.115. The van der Waals surface area contributed by atoms with E-state index in [0.717, 1.165) is 51.9 Å². The van der Waals surface area contributed by atoms with Crippen molar-refractivity contribution in [1.29, 1.82) is 0 Å². The Kier molecular flexibility index (Phi) is 9.42. The lowest BCUT2D eigenvalue weighted by atomic mass is 9.78. The Hall–Kier alpha value is -2.70. The fourth-order valence-electron chi connectivity index (χ4n) is 4.59. The van der Waals surface area contributed by atoms with Crippen molar-refractivity contribution in [2.24, 2.45) is 0 Å². The lowest BCUT2D eigenvalue weighted by Crippen LogP contribution is -2.41. The van der Waals surface area contributed by atoms with Crippen molar-refractivity contribution in [2.45, 2.75) is 64.6 Å². The van der Waals surface area contributed by atoms with Crippen molar-refractivity contribution >= 4 is 51.9 Å². The van der Waals surface area contributed by atoms with Crippen molar-refractivity contribution in [2.75, 3.05) is 36.8 Å². The summed E-state index contributed by atoms with van der Waals surface area (Å²) in [4.78, 5) is 27.4. The van der Waals surface area contributed by atoms with Gasteiger partial charge >= 0.3 is 19.2 Å². The molecule has 3 aliphatic rings. The van der Waals surface area contributed by atoms with E-state index < -0.39 is 24.1 Å². The normalized spacial score (nSPS) is 19.3. The van der Waals surface area contributed by atoms with Crippen LogP contribution >= 0.6 is 15.9 Å². The zero-order valence-corrected chi connectivity index (χ0v) is 24.9. The molecule has 3 saturated heterocycles. The van der Waals surface area contributed by atoms with Crippen molar-refractivity contribution in [1.82, 2.24) is 9.80 Å². The summed E-state index contributed by atoms with van der Waals surface area (Å²) in [5, 5.41) is 5.57. The largest absolute Gasteiger partial charge is 0.497 e. The zero-order valence-electron chi connectivity index (χ0n) is 23.4. The number of anilines is 2. The van der Waals surface area contributed by atoms with Crippen LogP contribution in [0, 0.1) is 11.6 Å². The third-order valence-electron chi connectivity index (χ3n) is 7.71. The van der Waals surface area contributed by atoms with Crippen LogP contribution in [0.25, 0.3) is 0 Å². The first-order valence-electron chi connectivity index (χ1n) is 13.6. The molecular weight excluding hydrogens is 585 g/mol. The highest BCUT2D eigenvalue weighted by atomic mass is 79.9. The molecule has 3 aliphatic heterocycles. The van der Waals surface area contributed by atoms with Crippen LogP contribution in [0.5, 0.6) is 0 Å². The number of amides is 4. The number of benzene rings is 2. The summed E-state index contributed by atoms with van der Waals surface area (Å²) in [6.45, 7) is 10.8. The molecule has 0 saturated carbocycles. The number of rotatable bonds is 3. The minimum atomic E-state index is -0.793. The highest BCUT2D eigenvalue weighted by molar-refractivity contribution is 9.10. The molecule has 3 heterocycles. The molecule has 2 aromatic carbocycles. The standard InChI is InChI=1S/C17H24BFN2O3.C11H12BrFN2O/c1-16(2)17(3,4)24-18(23-16)13-11-12(7-8-14(13)19)20-15(22)21-9-5-6-10-21;12-9-7-8(3-4-10(9)13)14-11(16)15-5-1-2-6-15/h7-8,11H,5-6,9-10H2,1-4H3,(H,20,22);3-4,7H,1-2,5-6H2,(H,14,16). The van der Waals surface area contributed by atoms with E-state index >= 15 is 0 Å². The molecule has 0 aliphatic carbocycles. The number of carbonyl (C=O) groups excluding carboxylic acids is 2. The summed E-state index contributed by atoms with van der Waals surface area (Å²) in [7, 11) is -0.793. The number of hydrogen-bond acceptors (Lipinski definition) is 4. The van der Waals surface area contributed by atoms with Gasteiger partial charge in [0.1, 0.15) is 11.6 Å². The first-order chi connectivity index (χ1) is 18.9. The molecule has 5 rings (SSSR count). The van der Waals surface area contributed by atoms with Gasteiger partial charge in [0, 0.05) is 43.0 Å². The van der Waals surface area contributed by atoms with Crippen LogP contribution in [0.4, 0.5) is 29.7 Å². The van der Waals surface area contributed by atoms with Gasteiger partial charge in [0.2, 0.25) is 0 Å². The van der Waals surface area contributed by atoms with Gasteiger partial charge in [-0.1, -0.05) is 0 Å². The van der Waals surface area contributed by atoms with Gasteiger partial charge in [-0.25, -0.2) is 18.4 Å². The van der Waals surface area contributed by atoms with Crippen LogP contribution in [0.15, 0.2) is 40.9 Å². The molecule has 0 aromatic heterocycles. The van der Waals surface area contributed by atoms with Crippen molar-refractivity contribution in [3.8, 4) is 0 Å². The Morgan fingerprint density at radius 3 is 1.65 bits per heavy atom. The fraction of sp³-hybridized carbons (Fsp3) is 0.500. The molecule has 2 N–H and O–H groups in total. The molecule has 216 valence electrons. The van der Waals surface area contributed by atoms with Gasteiger partial charge in [-0.05, 0) is 106 Å². The summed E-state index contributed by atoms with van der Waals surface area (Å²) < 4.78 is 39.4. The first-order valence-corrected chi connectivity index (χ1v) is 14.4. The summed E-state index contributed by atoms with van der Waals surface area (Å²) in [5.74, 6) is -0.744. The number of urea groups is 2. The second kappa shape index (κ2) is 12.4. The average Bonchev–Trinajstić information content (AvgIpc) is 3.65. The molecular formula is C28H36BBrF2N4O4. The van der Waals surface area contributed by atoms with Crippen molar-refractivity contribution < 1.29 is 27.7 Å². The topological polar surface area (TPSA) is 83.1 Å². The predicted molar refractivity (Wildman–Crippen MR) is 156 cm³/mol. The maximum atomic E-state index is 14.3. The van der Waals surface area contributed by atoms with Crippen molar-refractivity contribution in [3.05, 3.63) is 52.5 Å². The van der Waals surface area contributed by atoms with E-state index in [0.29, 0.717) is 21.3 Å². The van der Waals surface area contributed by atoms with Crippen LogP contribution in [0.1, 0.15) is 53.4 Å². The Balaban J connectivity index is 0.000000201. The number of nitrogens with one attached hydrogen (secondary N) is 2. The SMILES string of the molecule is CC1(C)OB(c2cc(NC(=O)N3CCCC3)ccc2F)OC1(C)C.O=C(Nc1ccc(F)c(Br)c1)N1CCCC1. The molecule has 0 atom stereocenters. The molecule has 12 heteroatoms. The Labute approximate surface area is 243 Å². The third kappa shape index (κ3) is 7.14. The average molecular weight is 621 g/mol. The molecule has 0 unspecified atom stereocenters. The van der Waals surface area contributed by atoms with E-state index in [1.54, 1.807) is 34.1 Å². The monoisotopic (exact) mass is 620 g/mol. The third-order valence-corrected chi connectivity index (χ3v) is 8.32. The Morgan fingerprint density at radius 2 is 1.20 bits per heavy atom. The number of nitrogens with zero attached hydrogens (tertiary/aromatic N) is 2. The Bertz CT molecular complexity index is 1220. The second-order valence-electron chi connectivity index (χ2n) is 11.2. The molecule has 2 aromatic rings. The summed E-state index contributed by atoms with van der Waals surface area (Å²) in [6, 6.07) is 8.64. The van der Waals surface area contributed by atoms with E-state index in [9.17, 15) is 18.4 Å². The summed E-state index contributed by atoms with van der Waals surface area (Å²) >= 11 is 3.08. The number of halogens is 3. The number of hydrogen-bond donors (Lipinski definition) is 2.